The molecule has 0 atom stereocenters. The van der Waals surface area contributed by atoms with Crippen molar-refractivity contribution in [2.75, 3.05) is 10.2 Å². The van der Waals surface area contributed by atoms with Crippen LogP contribution in [-0.4, -0.2) is 11.8 Å². The molecule has 2 amide bonds. The van der Waals surface area contributed by atoms with Crippen molar-refractivity contribution in [3.8, 4) is 0 Å². The number of carbonyl (C=O) groups excluding carboxylic acids is 2. The SMILES string of the molecule is Cc1ccc(NC2=C(c3cccs3)C(=O)N(c3ccc(Cl)c(Cl)c3)C2=O)cc1C. The van der Waals surface area contributed by atoms with Crippen molar-refractivity contribution >= 4 is 63.3 Å². The molecule has 4 rings (SSSR count). The quantitative estimate of drug-likeness (QED) is 0.498. The zero-order valence-corrected chi connectivity index (χ0v) is 18.0. The van der Waals surface area contributed by atoms with Crippen LogP contribution in [0.15, 0.2) is 59.6 Å². The number of nitrogens with zero attached hydrogens (tertiary/aromatic N) is 1. The number of rotatable bonds is 4. The van der Waals surface area contributed by atoms with Crippen molar-refractivity contribution in [3.05, 3.63) is 85.7 Å². The molecule has 0 saturated carbocycles. The maximum atomic E-state index is 13.3. The lowest BCUT2D eigenvalue weighted by Crippen LogP contribution is -2.32. The maximum Gasteiger partial charge on any atom is 0.282 e. The van der Waals surface area contributed by atoms with E-state index in [1.54, 1.807) is 12.1 Å². The van der Waals surface area contributed by atoms with Crippen LogP contribution in [0.25, 0.3) is 5.57 Å². The molecule has 1 aliphatic rings. The normalized spacial score (nSPS) is 14.1. The summed E-state index contributed by atoms with van der Waals surface area (Å²) in [6.45, 7) is 4.02. The van der Waals surface area contributed by atoms with Gasteiger partial charge in [-0.2, -0.15) is 0 Å². The first-order chi connectivity index (χ1) is 13.9. The molecule has 0 saturated heterocycles. The number of benzene rings is 2. The fraction of sp³-hybridized carbons (Fsp3) is 0.0909. The zero-order chi connectivity index (χ0) is 20.7. The number of amides is 2. The van der Waals surface area contributed by atoms with Gasteiger partial charge in [0.25, 0.3) is 11.8 Å². The molecule has 3 aromatic rings. The number of aryl methyl sites for hydroxylation is 2. The van der Waals surface area contributed by atoms with Crippen molar-refractivity contribution in [2.24, 2.45) is 0 Å². The van der Waals surface area contributed by atoms with Gasteiger partial charge >= 0.3 is 0 Å². The molecule has 0 unspecified atom stereocenters. The molecule has 0 aliphatic carbocycles. The maximum absolute atomic E-state index is 13.3. The number of halogens is 2. The van der Waals surface area contributed by atoms with E-state index in [9.17, 15) is 9.59 Å². The summed E-state index contributed by atoms with van der Waals surface area (Å²) in [5.41, 5.74) is 3.94. The van der Waals surface area contributed by atoms with Gasteiger partial charge in [-0.15, -0.1) is 11.3 Å². The van der Waals surface area contributed by atoms with Crippen LogP contribution in [0.2, 0.25) is 10.0 Å². The van der Waals surface area contributed by atoms with E-state index in [0.717, 1.165) is 26.6 Å². The third-order valence-corrected chi connectivity index (χ3v) is 6.42. The Balaban J connectivity index is 1.80. The number of hydrogen-bond acceptors (Lipinski definition) is 4. The summed E-state index contributed by atoms with van der Waals surface area (Å²) in [6.07, 6.45) is 0. The third-order valence-electron chi connectivity index (χ3n) is 4.79. The number of carbonyl (C=O) groups is 2. The Kier molecular flexibility index (Phi) is 5.21. The lowest BCUT2D eigenvalue weighted by molar-refractivity contribution is -0.120. The summed E-state index contributed by atoms with van der Waals surface area (Å²) in [7, 11) is 0. The summed E-state index contributed by atoms with van der Waals surface area (Å²) >= 11 is 13.5. The highest BCUT2D eigenvalue weighted by Crippen LogP contribution is 2.37. The predicted molar refractivity (Wildman–Crippen MR) is 120 cm³/mol. The van der Waals surface area contributed by atoms with Crippen LogP contribution in [0, 0.1) is 13.8 Å². The number of hydrogen-bond donors (Lipinski definition) is 1. The second-order valence-electron chi connectivity index (χ2n) is 6.70. The largest absolute Gasteiger partial charge is 0.350 e. The highest BCUT2D eigenvalue weighted by atomic mass is 35.5. The van der Waals surface area contributed by atoms with E-state index >= 15 is 0 Å². The Bertz CT molecular complexity index is 1170. The molecule has 7 heteroatoms. The Morgan fingerprint density at radius 1 is 0.897 bits per heavy atom. The Labute approximate surface area is 182 Å². The van der Waals surface area contributed by atoms with E-state index in [0.29, 0.717) is 16.3 Å². The Morgan fingerprint density at radius 2 is 1.69 bits per heavy atom. The van der Waals surface area contributed by atoms with Gasteiger partial charge in [-0.1, -0.05) is 35.3 Å². The highest BCUT2D eigenvalue weighted by Gasteiger charge is 2.40. The lowest BCUT2D eigenvalue weighted by Gasteiger charge is -2.16. The van der Waals surface area contributed by atoms with Gasteiger partial charge in [0.2, 0.25) is 0 Å². The fourth-order valence-corrected chi connectivity index (χ4v) is 4.18. The molecule has 1 aliphatic heterocycles. The first-order valence-electron chi connectivity index (χ1n) is 8.83. The first-order valence-corrected chi connectivity index (χ1v) is 10.5. The third kappa shape index (κ3) is 3.57. The van der Waals surface area contributed by atoms with E-state index in [-0.39, 0.29) is 10.7 Å². The minimum Gasteiger partial charge on any atom is -0.350 e. The Morgan fingerprint density at radius 3 is 2.34 bits per heavy atom. The minimum atomic E-state index is -0.435. The zero-order valence-electron chi connectivity index (χ0n) is 15.6. The Hall–Kier alpha value is -2.60. The summed E-state index contributed by atoms with van der Waals surface area (Å²) in [5.74, 6) is -0.836. The van der Waals surface area contributed by atoms with Gasteiger partial charge in [0.05, 0.1) is 21.3 Å². The average molecular weight is 443 g/mol. The van der Waals surface area contributed by atoms with Crippen molar-refractivity contribution in [1.82, 2.24) is 0 Å². The fourth-order valence-electron chi connectivity index (χ4n) is 3.12. The second-order valence-corrected chi connectivity index (χ2v) is 8.46. The molecule has 1 N–H and O–H groups in total. The van der Waals surface area contributed by atoms with E-state index < -0.39 is 11.8 Å². The van der Waals surface area contributed by atoms with E-state index in [4.69, 9.17) is 23.2 Å². The van der Waals surface area contributed by atoms with Crippen molar-refractivity contribution < 1.29 is 9.59 Å². The topological polar surface area (TPSA) is 49.4 Å². The molecule has 2 aromatic carbocycles. The van der Waals surface area contributed by atoms with Crippen molar-refractivity contribution in [3.63, 3.8) is 0 Å². The van der Waals surface area contributed by atoms with Gasteiger partial charge < -0.3 is 5.32 Å². The molecular weight excluding hydrogens is 427 g/mol. The summed E-state index contributed by atoms with van der Waals surface area (Å²) in [6, 6.07) is 14.2. The van der Waals surface area contributed by atoms with Crippen LogP contribution in [0.3, 0.4) is 0 Å². The predicted octanol–water partition coefficient (Wildman–Crippen LogP) is 6.07. The molecule has 0 bridgehead atoms. The molecule has 29 heavy (non-hydrogen) atoms. The number of imide groups is 1. The monoisotopic (exact) mass is 442 g/mol. The van der Waals surface area contributed by atoms with Crippen LogP contribution in [0.1, 0.15) is 16.0 Å². The lowest BCUT2D eigenvalue weighted by atomic mass is 10.1. The summed E-state index contributed by atoms with van der Waals surface area (Å²) < 4.78 is 0. The van der Waals surface area contributed by atoms with Gasteiger partial charge in [-0.05, 0) is 66.8 Å². The first kappa shape index (κ1) is 19.7. The van der Waals surface area contributed by atoms with Gasteiger partial charge in [0, 0.05) is 10.6 Å². The van der Waals surface area contributed by atoms with Gasteiger partial charge in [0.15, 0.2) is 0 Å². The molecule has 0 spiro atoms. The summed E-state index contributed by atoms with van der Waals surface area (Å²) in [5, 5.41) is 5.67. The van der Waals surface area contributed by atoms with E-state index in [1.807, 2.05) is 49.6 Å². The van der Waals surface area contributed by atoms with Crippen LogP contribution in [0.4, 0.5) is 11.4 Å². The smallest absolute Gasteiger partial charge is 0.282 e. The molecular formula is C22H16Cl2N2O2S. The van der Waals surface area contributed by atoms with Crippen molar-refractivity contribution in [1.29, 1.82) is 0 Å². The standard InChI is InChI=1S/C22H16Cl2N2O2S/c1-12-5-6-14(10-13(12)2)25-20-19(18-4-3-9-29-18)21(27)26(22(20)28)15-7-8-16(23)17(24)11-15/h3-11,25H,1-2H3. The highest BCUT2D eigenvalue weighted by molar-refractivity contribution is 7.11. The van der Waals surface area contributed by atoms with Crippen LogP contribution in [-0.2, 0) is 9.59 Å². The van der Waals surface area contributed by atoms with Gasteiger partial charge in [0.1, 0.15) is 5.70 Å². The van der Waals surface area contributed by atoms with E-state index in [1.165, 1.54) is 17.4 Å². The minimum absolute atomic E-state index is 0.242. The van der Waals surface area contributed by atoms with Gasteiger partial charge in [-0.3, -0.25) is 9.59 Å². The van der Waals surface area contributed by atoms with Crippen LogP contribution < -0.4 is 10.2 Å². The molecule has 146 valence electrons. The molecule has 0 radical (unpaired) electrons. The number of nitrogens with one attached hydrogen (secondary N) is 1. The molecule has 4 nitrogen and oxygen atoms in total. The van der Waals surface area contributed by atoms with E-state index in [2.05, 4.69) is 5.32 Å². The molecule has 0 fully saturated rings. The average Bonchev–Trinajstić information content (AvgIpc) is 3.28. The number of anilines is 2. The number of thiophene rings is 1. The summed E-state index contributed by atoms with van der Waals surface area (Å²) in [4.78, 5) is 28.4. The van der Waals surface area contributed by atoms with Crippen LogP contribution in [0.5, 0.6) is 0 Å². The molecule has 2 heterocycles. The van der Waals surface area contributed by atoms with Crippen LogP contribution >= 0.6 is 34.5 Å². The van der Waals surface area contributed by atoms with Crippen molar-refractivity contribution in [2.45, 2.75) is 13.8 Å². The molecule has 1 aromatic heterocycles. The second kappa shape index (κ2) is 7.67. The van der Waals surface area contributed by atoms with Gasteiger partial charge in [-0.25, -0.2) is 4.90 Å².